The Morgan fingerprint density at radius 3 is 2.33 bits per heavy atom. The predicted octanol–water partition coefficient (Wildman–Crippen LogP) is 4.02. The molecule has 0 aromatic heterocycles. The quantitative estimate of drug-likeness (QED) is 0.767. The molecule has 0 unspecified atom stereocenters. The minimum absolute atomic E-state index is 0.297. The van der Waals surface area contributed by atoms with Gasteiger partial charge in [0.2, 0.25) is 0 Å². The molecule has 0 saturated carbocycles. The van der Waals surface area contributed by atoms with Gasteiger partial charge in [-0.1, -0.05) is 48.0 Å². The van der Waals surface area contributed by atoms with Crippen LogP contribution in [0.4, 0.5) is 0 Å². The van der Waals surface area contributed by atoms with E-state index in [1.807, 2.05) is 49.4 Å². The van der Waals surface area contributed by atoms with Crippen molar-refractivity contribution in [2.24, 2.45) is 0 Å². The number of benzene rings is 2. The van der Waals surface area contributed by atoms with Crippen molar-refractivity contribution in [2.45, 2.75) is 6.92 Å². The lowest BCUT2D eigenvalue weighted by Crippen LogP contribution is -1.82. The van der Waals surface area contributed by atoms with Crippen LogP contribution in [-0.2, 0) is 0 Å². The molecule has 2 rings (SSSR count). The molecule has 0 heterocycles. The van der Waals surface area contributed by atoms with Crippen molar-refractivity contribution in [3.8, 4) is 16.9 Å². The molecule has 0 fully saturated rings. The summed E-state index contributed by atoms with van der Waals surface area (Å²) in [6.07, 6.45) is 0. The molecule has 2 aromatic rings. The third-order valence-corrected chi connectivity index (χ3v) is 2.73. The minimum Gasteiger partial charge on any atom is -0.507 e. The van der Waals surface area contributed by atoms with E-state index in [9.17, 15) is 5.11 Å². The highest BCUT2D eigenvalue weighted by molar-refractivity contribution is 6.33. The number of phenolic OH excluding ortho intramolecular Hbond substituents is 1. The van der Waals surface area contributed by atoms with Gasteiger partial charge in [-0.3, -0.25) is 0 Å². The highest BCUT2D eigenvalue weighted by atomic mass is 35.5. The first-order valence-corrected chi connectivity index (χ1v) is 5.11. The maximum atomic E-state index is 9.92. The molecule has 76 valence electrons. The van der Waals surface area contributed by atoms with Crippen LogP contribution in [0.2, 0.25) is 5.02 Å². The SMILES string of the molecule is Cc1cccc(-c2ccccc2Cl)c1O. The normalized spacial score (nSPS) is 10.3. The van der Waals surface area contributed by atoms with Gasteiger partial charge in [0.25, 0.3) is 0 Å². The molecular weight excluding hydrogens is 208 g/mol. The van der Waals surface area contributed by atoms with Crippen LogP contribution in [0.15, 0.2) is 42.5 Å². The van der Waals surface area contributed by atoms with E-state index in [4.69, 9.17) is 11.6 Å². The van der Waals surface area contributed by atoms with Crippen molar-refractivity contribution >= 4 is 11.6 Å². The maximum Gasteiger partial charge on any atom is 0.126 e. The lowest BCUT2D eigenvalue weighted by Gasteiger charge is -2.08. The van der Waals surface area contributed by atoms with E-state index >= 15 is 0 Å². The van der Waals surface area contributed by atoms with Crippen molar-refractivity contribution in [3.63, 3.8) is 0 Å². The highest BCUT2D eigenvalue weighted by Crippen LogP contribution is 2.35. The second-order valence-corrected chi connectivity index (χ2v) is 3.86. The largest absolute Gasteiger partial charge is 0.507 e. The molecule has 15 heavy (non-hydrogen) atoms. The summed E-state index contributed by atoms with van der Waals surface area (Å²) in [6, 6.07) is 13.1. The molecule has 0 aliphatic heterocycles. The molecule has 0 saturated heterocycles. The summed E-state index contributed by atoms with van der Waals surface area (Å²) < 4.78 is 0. The van der Waals surface area contributed by atoms with Crippen LogP contribution in [0, 0.1) is 6.92 Å². The number of halogens is 1. The third kappa shape index (κ3) is 1.83. The summed E-state index contributed by atoms with van der Waals surface area (Å²) in [6.45, 7) is 1.87. The summed E-state index contributed by atoms with van der Waals surface area (Å²) in [5, 5.41) is 10.6. The van der Waals surface area contributed by atoms with Gasteiger partial charge in [-0.25, -0.2) is 0 Å². The van der Waals surface area contributed by atoms with E-state index < -0.39 is 0 Å². The summed E-state index contributed by atoms with van der Waals surface area (Å²) in [7, 11) is 0. The van der Waals surface area contributed by atoms with Crippen LogP contribution in [0.3, 0.4) is 0 Å². The lowest BCUT2D eigenvalue weighted by atomic mass is 10.0. The molecule has 1 N–H and O–H groups in total. The Hall–Kier alpha value is -1.47. The molecule has 0 amide bonds. The Morgan fingerprint density at radius 1 is 0.933 bits per heavy atom. The van der Waals surface area contributed by atoms with Crippen molar-refractivity contribution in [3.05, 3.63) is 53.1 Å². The van der Waals surface area contributed by atoms with Crippen LogP contribution < -0.4 is 0 Å². The second-order valence-electron chi connectivity index (χ2n) is 3.45. The van der Waals surface area contributed by atoms with Gasteiger partial charge in [0.1, 0.15) is 5.75 Å². The van der Waals surface area contributed by atoms with Gasteiger partial charge in [0, 0.05) is 16.1 Å². The van der Waals surface area contributed by atoms with E-state index in [0.29, 0.717) is 10.8 Å². The monoisotopic (exact) mass is 218 g/mol. The average Bonchev–Trinajstić information content (AvgIpc) is 2.23. The molecular formula is C13H11ClO. The van der Waals surface area contributed by atoms with Crippen LogP contribution in [0.1, 0.15) is 5.56 Å². The van der Waals surface area contributed by atoms with Gasteiger partial charge in [-0.15, -0.1) is 0 Å². The first-order valence-electron chi connectivity index (χ1n) is 4.73. The highest BCUT2D eigenvalue weighted by Gasteiger charge is 2.08. The van der Waals surface area contributed by atoms with E-state index in [0.717, 1.165) is 16.7 Å². The molecule has 0 radical (unpaired) electrons. The number of rotatable bonds is 1. The van der Waals surface area contributed by atoms with Gasteiger partial charge in [0.05, 0.1) is 0 Å². The smallest absolute Gasteiger partial charge is 0.126 e. The fourth-order valence-corrected chi connectivity index (χ4v) is 1.79. The van der Waals surface area contributed by atoms with E-state index in [1.165, 1.54) is 0 Å². The fraction of sp³-hybridized carbons (Fsp3) is 0.0769. The van der Waals surface area contributed by atoms with Crippen molar-refractivity contribution in [2.75, 3.05) is 0 Å². The Morgan fingerprint density at radius 2 is 1.60 bits per heavy atom. The van der Waals surface area contributed by atoms with E-state index in [1.54, 1.807) is 0 Å². The van der Waals surface area contributed by atoms with Crippen LogP contribution in [0.5, 0.6) is 5.75 Å². The van der Waals surface area contributed by atoms with Gasteiger partial charge in [0.15, 0.2) is 0 Å². The third-order valence-electron chi connectivity index (χ3n) is 2.40. The summed E-state index contributed by atoms with van der Waals surface area (Å²) >= 11 is 6.07. The fourth-order valence-electron chi connectivity index (χ4n) is 1.56. The topological polar surface area (TPSA) is 20.2 Å². The Bertz CT molecular complexity index is 492. The number of hydrogen-bond acceptors (Lipinski definition) is 1. The number of aromatic hydroxyl groups is 1. The zero-order valence-corrected chi connectivity index (χ0v) is 9.12. The molecule has 2 heteroatoms. The Labute approximate surface area is 94.0 Å². The first-order chi connectivity index (χ1) is 7.20. The summed E-state index contributed by atoms with van der Waals surface area (Å²) in [4.78, 5) is 0. The first kappa shape index (κ1) is 10.1. The van der Waals surface area contributed by atoms with Crippen LogP contribution in [-0.4, -0.2) is 5.11 Å². The van der Waals surface area contributed by atoms with Crippen LogP contribution in [0.25, 0.3) is 11.1 Å². The summed E-state index contributed by atoms with van der Waals surface area (Å²) in [5.41, 5.74) is 2.49. The van der Waals surface area contributed by atoms with Crippen molar-refractivity contribution in [1.82, 2.24) is 0 Å². The van der Waals surface area contributed by atoms with Crippen molar-refractivity contribution < 1.29 is 5.11 Å². The molecule has 0 aliphatic rings. The van der Waals surface area contributed by atoms with E-state index in [2.05, 4.69) is 0 Å². The predicted molar refractivity (Wildman–Crippen MR) is 63.3 cm³/mol. The van der Waals surface area contributed by atoms with Gasteiger partial charge in [-0.2, -0.15) is 0 Å². The molecule has 0 spiro atoms. The zero-order chi connectivity index (χ0) is 10.8. The minimum atomic E-state index is 0.297. The summed E-state index contributed by atoms with van der Waals surface area (Å²) in [5.74, 6) is 0.297. The molecule has 0 bridgehead atoms. The number of aryl methyl sites for hydroxylation is 1. The lowest BCUT2D eigenvalue weighted by molar-refractivity contribution is 0.473. The second kappa shape index (κ2) is 3.95. The van der Waals surface area contributed by atoms with E-state index in [-0.39, 0.29) is 0 Å². The standard InChI is InChI=1S/C13H11ClO/c1-9-5-4-7-11(13(9)15)10-6-2-3-8-12(10)14/h2-8,15H,1H3. The van der Waals surface area contributed by atoms with Crippen LogP contribution >= 0.6 is 11.6 Å². The van der Waals surface area contributed by atoms with Gasteiger partial charge < -0.3 is 5.11 Å². The number of para-hydroxylation sites is 1. The van der Waals surface area contributed by atoms with Gasteiger partial charge >= 0.3 is 0 Å². The molecule has 1 nitrogen and oxygen atoms in total. The van der Waals surface area contributed by atoms with Gasteiger partial charge in [-0.05, 0) is 18.6 Å². The average molecular weight is 219 g/mol. The number of hydrogen-bond donors (Lipinski definition) is 1. The zero-order valence-electron chi connectivity index (χ0n) is 8.37. The van der Waals surface area contributed by atoms with Crippen molar-refractivity contribution in [1.29, 1.82) is 0 Å². The number of phenols is 1. The Balaban J connectivity index is 2.65. The molecule has 2 aromatic carbocycles. The molecule has 0 atom stereocenters. The molecule has 0 aliphatic carbocycles. The maximum absolute atomic E-state index is 9.92. The Kier molecular flexibility index (Phi) is 2.65.